The predicted molar refractivity (Wildman–Crippen MR) is 74.6 cm³/mol. The second-order valence-corrected chi connectivity index (χ2v) is 5.44. The molecule has 0 bridgehead atoms. The molecule has 0 amide bonds. The first-order valence-electron chi connectivity index (χ1n) is 5.25. The molecule has 0 saturated heterocycles. The van der Waals surface area contributed by atoms with Gasteiger partial charge in [0.1, 0.15) is 0 Å². The van der Waals surface area contributed by atoms with Gasteiger partial charge in [0.05, 0.1) is 15.7 Å². The van der Waals surface area contributed by atoms with Crippen LogP contribution in [0.2, 0.25) is 10.0 Å². The van der Waals surface area contributed by atoms with E-state index in [0.717, 1.165) is 16.6 Å². The Morgan fingerprint density at radius 1 is 1.25 bits per heavy atom. The first-order valence-corrected chi connectivity index (χ1v) is 6.80. The average molecular weight is 321 g/mol. The molecule has 1 unspecified atom stereocenters. The number of hydrogen-bond donors (Lipinski definition) is 1. The van der Waals surface area contributed by atoms with E-state index in [1.54, 1.807) is 0 Å². The highest BCUT2D eigenvalue weighted by Crippen LogP contribution is 2.36. The molecule has 1 aromatic carbocycles. The highest BCUT2D eigenvalue weighted by atomic mass is 79.9. The molecule has 4 heteroatoms. The van der Waals surface area contributed by atoms with Crippen LogP contribution in [0.4, 0.5) is 5.69 Å². The minimum absolute atomic E-state index is 0.364. The molecule has 1 aliphatic carbocycles. The topological polar surface area (TPSA) is 12.0 Å². The van der Waals surface area contributed by atoms with E-state index >= 15 is 0 Å². The minimum Gasteiger partial charge on any atom is -0.378 e. The Bertz CT molecular complexity index is 418. The van der Waals surface area contributed by atoms with E-state index in [0.29, 0.717) is 16.1 Å². The van der Waals surface area contributed by atoms with Crippen molar-refractivity contribution in [3.05, 3.63) is 38.8 Å². The zero-order valence-corrected chi connectivity index (χ0v) is 11.7. The van der Waals surface area contributed by atoms with Crippen molar-refractivity contribution in [2.24, 2.45) is 0 Å². The van der Waals surface area contributed by atoms with Gasteiger partial charge in [-0.1, -0.05) is 35.4 Å². The molecule has 2 rings (SSSR count). The van der Waals surface area contributed by atoms with Crippen LogP contribution in [0.3, 0.4) is 0 Å². The van der Waals surface area contributed by atoms with Crippen molar-refractivity contribution in [3.8, 4) is 0 Å². The number of rotatable bonds is 2. The van der Waals surface area contributed by atoms with Crippen LogP contribution in [0.15, 0.2) is 28.8 Å². The Morgan fingerprint density at radius 2 is 2.06 bits per heavy atom. The van der Waals surface area contributed by atoms with Crippen molar-refractivity contribution in [1.82, 2.24) is 0 Å². The van der Waals surface area contributed by atoms with Crippen LogP contribution < -0.4 is 5.32 Å². The van der Waals surface area contributed by atoms with Gasteiger partial charge in [0.25, 0.3) is 0 Å². The minimum atomic E-state index is 0.364. The van der Waals surface area contributed by atoms with Crippen LogP contribution in [-0.2, 0) is 0 Å². The van der Waals surface area contributed by atoms with Gasteiger partial charge in [0.15, 0.2) is 0 Å². The molecule has 0 spiro atoms. The van der Waals surface area contributed by atoms with E-state index in [4.69, 9.17) is 23.2 Å². The molecule has 0 heterocycles. The summed E-state index contributed by atoms with van der Waals surface area (Å²) >= 11 is 15.6. The molecule has 0 aliphatic heterocycles. The van der Waals surface area contributed by atoms with E-state index < -0.39 is 0 Å². The highest BCUT2D eigenvalue weighted by Gasteiger charge is 2.12. The zero-order chi connectivity index (χ0) is 11.5. The molecule has 86 valence electrons. The van der Waals surface area contributed by atoms with E-state index in [9.17, 15) is 0 Å². The molecule has 1 aromatic rings. The zero-order valence-electron chi connectivity index (χ0n) is 8.64. The number of nitrogens with one attached hydrogen (secondary N) is 1. The summed E-state index contributed by atoms with van der Waals surface area (Å²) in [5.74, 6) is 0. The van der Waals surface area contributed by atoms with Crippen LogP contribution in [0.1, 0.15) is 19.3 Å². The second kappa shape index (κ2) is 5.44. The quantitative estimate of drug-likeness (QED) is 0.577. The van der Waals surface area contributed by atoms with Gasteiger partial charge in [-0.2, -0.15) is 0 Å². The SMILES string of the molecule is Clc1c(Br)ccc(NC2C=CCCC2)c1Cl. The smallest absolute Gasteiger partial charge is 0.0835 e. The summed E-state index contributed by atoms with van der Waals surface area (Å²) in [6.07, 6.45) is 7.93. The third-order valence-corrected chi connectivity index (χ3v) is 4.40. The van der Waals surface area contributed by atoms with Gasteiger partial charge in [0, 0.05) is 10.5 Å². The maximum Gasteiger partial charge on any atom is 0.0835 e. The van der Waals surface area contributed by atoms with Gasteiger partial charge >= 0.3 is 0 Å². The van der Waals surface area contributed by atoms with Gasteiger partial charge < -0.3 is 5.32 Å². The van der Waals surface area contributed by atoms with Crippen molar-refractivity contribution in [3.63, 3.8) is 0 Å². The van der Waals surface area contributed by atoms with Crippen molar-refractivity contribution < 1.29 is 0 Å². The first-order chi connectivity index (χ1) is 7.68. The second-order valence-electron chi connectivity index (χ2n) is 3.83. The number of anilines is 1. The Balaban J connectivity index is 2.18. The molecule has 0 aromatic heterocycles. The molecular weight excluding hydrogens is 309 g/mol. The number of benzene rings is 1. The average Bonchev–Trinajstić information content (AvgIpc) is 2.31. The van der Waals surface area contributed by atoms with Crippen LogP contribution in [0, 0.1) is 0 Å². The molecule has 1 nitrogen and oxygen atoms in total. The van der Waals surface area contributed by atoms with Gasteiger partial charge in [-0.05, 0) is 47.3 Å². The fourth-order valence-corrected chi connectivity index (χ4v) is 2.60. The normalized spacial score (nSPS) is 19.8. The molecule has 1 aliphatic rings. The Morgan fingerprint density at radius 3 is 2.75 bits per heavy atom. The summed E-state index contributed by atoms with van der Waals surface area (Å²) in [6, 6.07) is 4.22. The van der Waals surface area contributed by atoms with E-state index in [-0.39, 0.29) is 0 Å². The maximum absolute atomic E-state index is 6.17. The van der Waals surface area contributed by atoms with Crippen molar-refractivity contribution in [2.45, 2.75) is 25.3 Å². The predicted octanol–water partition coefficient (Wildman–Crippen LogP) is 5.28. The van der Waals surface area contributed by atoms with Gasteiger partial charge in [0.2, 0.25) is 0 Å². The van der Waals surface area contributed by atoms with Crippen molar-refractivity contribution in [2.75, 3.05) is 5.32 Å². The molecule has 0 fully saturated rings. The van der Waals surface area contributed by atoms with E-state index in [1.165, 1.54) is 12.8 Å². The van der Waals surface area contributed by atoms with Gasteiger partial charge in [-0.15, -0.1) is 0 Å². The van der Waals surface area contributed by atoms with Crippen molar-refractivity contribution in [1.29, 1.82) is 0 Å². The largest absolute Gasteiger partial charge is 0.378 e. The van der Waals surface area contributed by atoms with Crippen LogP contribution >= 0.6 is 39.1 Å². The van der Waals surface area contributed by atoms with Crippen molar-refractivity contribution >= 4 is 44.8 Å². The Hall–Kier alpha value is -0.180. The summed E-state index contributed by atoms with van der Waals surface area (Å²) in [7, 11) is 0. The maximum atomic E-state index is 6.17. The van der Waals surface area contributed by atoms with Gasteiger partial charge in [-0.25, -0.2) is 0 Å². The third-order valence-electron chi connectivity index (χ3n) is 2.63. The summed E-state index contributed by atoms with van der Waals surface area (Å²) in [4.78, 5) is 0. The molecule has 0 radical (unpaired) electrons. The van der Waals surface area contributed by atoms with Gasteiger partial charge in [-0.3, -0.25) is 0 Å². The van der Waals surface area contributed by atoms with E-state index in [2.05, 4.69) is 33.4 Å². The molecule has 16 heavy (non-hydrogen) atoms. The van der Waals surface area contributed by atoms with Crippen LogP contribution in [0.25, 0.3) is 0 Å². The number of halogens is 3. The lowest BCUT2D eigenvalue weighted by Gasteiger charge is -2.20. The summed E-state index contributed by atoms with van der Waals surface area (Å²) in [6.45, 7) is 0. The fraction of sp³-hybridized carbons (Fsp3) is 0.333. The molecular formula is C12H12BrCl2N. The lowest BCUT2D eigenvalue weighted by atomic mass is 10.0. The lowest BCUT2D eigenvalue weighted by Crippen LogP contribution is -2.18. The third kappa shape index (κ3) is 2.73. The summed E-state index contributed by atoms with van der Waals surface area (Å²) in [5.41, 5.74) is 0.895. The summed E-state index contributed by atoms with van der Waals surface area (Å²) < 4.78 is 0.823. The van der Waals surface area contributed by atoms with Crippen LogP contribution in [0.5, 0.6) is 0 Å². The molecule has 1 N–H and O–H groups in total. The summed E-state index contributed by atoms with van der Waals surface area (Å²) in [5, 5.41) is 4.53. The van der Waals surface area contributed by atoms with E-state index in [1.807, 2.05) is 12.1 Å². The lowest BCUT2D eigenvalue weighted by molar-refractivity contribution is 0.674. The van der Waals surface area contributed by atoms with Crippen LogP contribution in [-0.4, -0.2) is 6.04 Å². The highest BCUT2D eigenvalue weighted by molar-refractivity contribution is 9.10. The number of allylic oxidation sites excluding steroid dienone is 1. The monoisotopic (exact) mass is 319 g/mol. The molecule has 0 saturated carbocycles. The Kier molecular flexibility index (Phi) is 4.17. The first kappa shape index (κ1) is 12.3. The Labute approximate surface area is 114 Å². The fourth-order valence-electron chi connectivity index (χ4n) is 1.77. The molecule has 1 atom stereocenters. The standard InChI is InChI=1S/C12H12BrCl2N/c13-9-6-7-10(12(15)11(9)14)16-8-4-2-1-3-5-8/h2,4,6-8,16H,1,3,5H2. The number of hydrogen-bond acceptors (Lipinski definition) is 1.